The first kappa shape index (κ1) is 12.3. The van der Waals surface area contributed by atoms with Crippen molar-refractivity contribution < 1.29 is 9.53 Å². The second-order valence-electron chi connectivity index (χ2n) is 4.10. The van der Waals surface area contributed by atoms with Gasteiger partial charge in [-0.05, 0) is 19.8 Å². The third kappa shape index (κ3) is 4.51. The fraction of sp³-hybridized carbons (Fsp3) is 0.909. The predicted molar refractivity (Wildman–Crippen MR) is 59.9 cm³/mol. The van der Waals surface area contributed by atoms with E-state index in [-0.39, 0.29) is 6.09 Å². The first-order chi connectivity index (χ1) is 7.24. The molecule has 4 heteroatoms. The third-order valence-electron chi connectivity index (χ3n) is 2.69. The van der Waals surface area contributed by atoms with Crippen LogP contribution in [-0.2, 0) is 4.74 Å². The van der Waals surface area contributed by atoms with Crippen LogP contribution in [0.25, 0.3) is 0 Å². The minimum Gasteiger partial charge on any atom is -0.449 e. The Labute approximate surface area is 92.0 Å². The summed E-state index contributed by atoms with van der Waals surface area (Å²) in [4.78, 5) is 13.4. The van der Waals surface area contributed by atoms with Gasteiger partial charge in [0.1, 0.15) is 0 Å². The van der Waals surface area contributed by atoms with Crippen LogP contribution in [-0.4, -0.2) is 43.3 Å². The van der Waals surface area contributed by atoms with Gasteiger partial charge in [0.25, 0.3) is 0 Å². The molecule has 1 N–H and O–H groups in total. The molecule has 1 heterocycles. The van der Waals surface area contributed by atoms with Crippen LogP contribution < -0.4 is 5.32 Å². The zero-order chi connectivity index (χ0) is 11.1. The van der Waals surface area contributed by atoms with Gasteiger partial charge in [-0.1, -0.05) is 13.3 Å². The van der Waals surface area contributed by atoms with Crippen molar-refractivity contribution in [1.29, 1.82) is 0 Å². The van der Waals surface area contributed by atoms with E-state index in [1.807, 2.05) is 0 Å². The van der Waals surface area contributed by atoms with Crippen LogP contribution >= 0.6 is 0 Å². The lowest BCUT2D eigenvalue weighted by atomic mass is 10.2. The molecule has 1 amide bonds. The number of nitrogens with one attached hydrogen (secondary N) is 1. The summed E-state index contributed by atoms with van der Waals surface area (Å²) in [6, 6.07) is 0.499. The fourth-order valence-electron chi connectivity index (χ4n) is 1.59. The van der Waals surface area contributed by atoms with E-state index in [1.54, 1.807) is 4.90 Å². The van der Waals surface area contributed by atoms with Crippen molar-refractivity contribution in [2.75, 3.05) is 26.2 Å². The number of ether oxygens (including phenoxy) is 1. The van der Waals surface area contributed by atoms with Crippen molar-refractivity contribution in [3.05, 3.63) is 0 Å². The summed E-state index contributed by atoms with van der Waals surface area (Å²) in [5.74, 6) is 0. The van der Waals surface area contributed by atoms with Crippen LogP contribution in [0.3, 0.4) is 0 Å². The first-order valence-electron chi connectivity index (χ1n) is 5.89. The topological polar surface area (TPSA) is 41.6 Å². The Morgan fingerprint density at radius 3 is 3.07 bits per heavy atom. The van der Waals surface area contributed by atoms with Gasteiger partial charge in [-0.3, -0.25) is 0 Å². The lowest BCUT2D eigenvalue weighted by molar-refractivity contribution is 0.103. The fourth-order valence-corrected chi connectivity index (χ4v) is 1.59. The van der Waals surface area contributed by atoms with Crippen molar-refractivity contribution >= 4 is 6.09 Å². The smallest absolute Gasteiger partial charge is 0.409 e. The molecule has 1 aliphatic heterocycles. The van der Waals surface area contributed by atoms with Gasteiger partial charge in [-0.25, -0.2) is 4.79 Å². The molecule has 1 rings (SSSR count). The van der Waals surface area contributed by atoms with Crippen LogP contribution in [0.1, 0.15) is 33.1 Å². The summed E-state index contributed by atoms with van der Waals surface area (Å²) in [6.07, 6.45) is 2.86. The molecule has 4 nitrogen and oxygen atoms in total. The van der Waals surface area contributed by atoms with E-state index in [2.05, 4.69) is 19.2 Å². The Morgan fingerprint density at radius 2 is 2.33 bits per heavy atom. The Hall–Kier alpha value is -0.770. The summed E-state index contributed by atoms with van der Waals surface area (Å²) in [5, 5.41) is 3.35. The molecule has 1 unspecified atom stereocenters. The summed E-state index contributed by atoms with van der Waals surface area (Å²) in [6.45, 7) is 7.21. The highest BCUT2D eigenvalue weighted by Gasteiger charge is 2.18. The predicted octanol–water partition coefficient (Wildman–Crippen LogP) is 1.61. The van der Waals surface area contributed by atoms with Crippen LogP contribution in [0.5, 0.6) is 0 Å². The van der Waals surface area contributed by atoms with E-state index in [4.69, 9.17) is 4.74 Å². The van der Waals surface area contributed by atoms with Crippen LogP contribution in [0, 0.1) is 0 Å². The van der Waals surface area contributed by atoms with Crippen molar-refractivity contribution in [3.8, 4) is 0 Å². The Bertz CT molecular complexity index is 197. The quantitative estimate of drug-likeness (QED) is 0.726. The summed E-state index contributed by atoms with van der Waals surface area (Å²) >= 11 is 0. The Balaban J connectivity index is 2.25. The molecule has 0 saturated carbocycles. The van der Waals surface area contributed by atoms with Gasteiger partial charge < -0.3 is 15.0 Å². The highest BCUT2D eigenvalue weighted by Crippen LogP contribution is 2.03. The molecule has 1 aliphatic rings. The molecule has 1 atom stereocenters. The molecular weight excluding hydrogens is 192 g/mol. The normalized spacial score (nSPS) is 22.3. The molecule has 1 saturated heterocycles. The molecule has 0 aromatic heterocycles. The van der Waals surface area contributed by atoms with E-state index < -0.39 is 0 Å². The molecule has 0 aliphatic carbocycles. The molecule has 0 spiro atoms. The van der Waals surface area contributed by atoms with E-state index >= 15 is 0 Å². The van der Waals surface area contributed by atoms with Gasteiger partial charge in [0.15, 0.2) is 0 Å². The number of carbonyl (C=O) groups is 1. The average molecular weight is 214 g/mol. The van der Waals surface area contributed by atoms with Gasteiger partial charge in [0, 0.05) is 25.7 Å². The van der Waals surface area contributed by atoms with Crippen LogP contribution in [0.15, 0.2) is 0 Å². The second kappa shape index (κ2) is 6.67. The number of rotatable bonds is 3. The van der Waals surface area contributed by atoms with Crippen LogP contribution in [0.4, 0.5) is 4.79 Å². The zero-order valence-electron chi connectivity index (χ0n) is 9.79. The molecular formula is C11H22N2O2. The molecule has 15 heavy (non-hydrogen) atoms. The molecule has 0 aromatic rings. The van der Waals surface area contributed by atoms with Gasteiger partial charge in [0.2, 0.25) is 0 Å². The summed E-state index contributed by atoms with van der Waals surface area (Å²) < 4.78 is 5.17. The van der Waals surface area contributed by atoms with Crippen LogP contribution in [0.2, 0.25) is 0 Å². The van der Waals surface area contributed by atoms with E-state index in [9.17, 15) is 4.79 Å². The number of hydrogen-bond donors (Lipinski definition) is 1. The molecule has 0 bridgehead atoms. The van der Waals surface area contributed by atoms with E-state index in [0.717, 1.165) is 38.9 Å². The Morgan fingerprint density at radius 1 is 1.53 bits per heavy atom. The number of nitrogens with zero attached hydrogens (tertiary/aromatic N) is 1. The van der Waals surface area contributed by atoms with Crippen molar-refractivity contribution in [3.63, 3.8) is 0 Å². The largest absolute Gasteiger partial charge is 0.449 e. The summed E-state index contributed by atoms with van der Waals surface area (Å²) in [7, 11) is 0. The summed E-state index contributed by atoms with van der Waals surface area (Å²) in [5.41, 5.74) is 0. The number of carbonyl (C=O) groups excluding carboxylic acids is 1. The van der Waals surface area contributed by atoms with E-state index in [0.29, 0.717) is 12.6 Å². The standard InChI is InChI=1S/C11H22N2O2/c1-3-4-9-15-11(14)13-7-5-10(2)12-6-8-13/h10,12H,3-9H2,1-2H3. The van der Waals surface area contributed by atoms with Crippen molar-refractivity contribution in [2.45, 2.75) is 39.2 Å². The van der Waals surface area contributed by atoms with Gasteiger partial charge in [-0.2, -0.15) is 0 Å². The zero-order valence-corrected chi connectivity index (χ0v) is 9.79. The highest BCUT2D eigenvalue weighted by molar-refractivity contribution is 5.67. The number of unbranched alkanes of at least 4 members (excludes halogenated alkanes) is 1. The van der Waals surface area contributed by atoms with Gasteiger partial charge >= 0.3 is 6.09 Å². The SMILES string of the molecule is CCCCOC(=O)N1CCNC(C)CC1. The molecule has 0 aromatic carbocycles. The van der Waals surface area contributed by atoms with Gasteiger partial charge in [0.05, 0.1) is 6.61 Å². The number of hydrogen-bond acceptors (Lipinski definition) is 3. The monoisotopic (exact) mass is 214 g/mol. The maximum atomic E-state index is 11.6. The van der Waals surface area contributed by atoms with Crippen molar-refractivity contribution in [2.24, 2.45) is 0 Å². The van der Waals surface area contributed by atoms with E-state index in [1.165, 1.54) is 0 Å². The minimum atomic E-state index is -0.153. The third-order valence-corrected chi connectivity index (χ3v) is 2.69. The molecule has 1 fully saturated rings. The molecule has 88 valence electrons. The lowest BCUT2D eigenvalue weighted by Gasteiger charge is -2.19. The first-order valence-corrected chi connectivity index (χ1v) is 5.89. The second-order valence-corrected chi connectivity index (χ2v) is 4.10. The van der Waals surface area contributed by atoms with Crippen molar-refractivity contribution in [1.82, 2.24) is 10.2 Å². The minimum absolute atomic E-state index is 0.153. The maximum Gasteiger partial charge on any atom is 0.409 e. The number of amides is 1. The highest BCUT2D eigenvalue weighted by atomic mass is 16.6. The lowest BCUT2D eigenvalue weighted by Crippen LogP contribution is -2.34. The molecule has 0 radical (unpaired) electrons. The van der Waals surface area contributed by atoms with Gasteiger partial charge in [-0.15, -0.1) is 0 Å². The average Bonchev–Trinajstić information content (AvgIpc) is 2.43. The maximum absolute atomic E-state index is 11.6. The Kier molecular flexibility index (Phi) is 5.47.